The standard InChI is InChI=1S/C14H19N3O2S/c1-2-3-7-19-8-6-17-14(18)13-12(15)10-4-5-16-9-11(10)20-13/h4-5,9H,2-3,6-8,15H2,1H3,(H,17,18). The van der Waals surface area contributed by atoms with Crippen molar-refractivity contribution in [3.63, 3.8) is 0 Å². The van der Waals surface area contributed by atoms with Gasteiger partial charge in [-0.15, -0.1) is 11.3 Å². The van der Waals surface area contributed by atoms with Gasteiger partial charge in [-0.1, -0.05) is 13.3 Å². The highest BCUT2D eigenvalue weighted by molar-refractivity contribution is 7.21. The van der Waals surface area contributed by atoms with Gasteiger partial charge >= 0.3 is 0 Å². The number of anilines is 1. The molecule has 0 radical (unpaired) electrons. The van der Waals surface area contributed by atoms with E-state index < -0.39 is 0 Å². The van der Waals surface area contributed by atoms with Gasteiger partial charge < -0.3 is 15.8 Å². The minimum absolute atomic E-state index is 0.150. The molecule has 0 bridgehead atoms. The minimum Gasteiger partial charge on any atom is -0.397 e. The van der Waals surface area contributed by atoms with Gasteiger partial charge in [-0.05, 0) is 12.5 Å². The largest absolute Gasteiger partial charge is 0.397 e. The highest BCUT2D eigenvalue weighted by atomic mass is 32.1. The van der Waals surface area contributed by atoms with Crippen LogP contribution in [0.3, 0.4) is 0 Å². The van der Waals surface area contributed by atoms with Gasteiger partial charge in [-0.2, -0.15) is 0 Å². The van der Waals surface area contributed by atoms with Crippen LogP contribution in [0.4, 0.5) is 5.69 Å². The number of carbonyl (C=O) groups excluding carboxylic acids is 1. The number of rotatable bonds is 7. The first-order valence-corrected chi connectivity index (χ1v) is 7.53. The first kappa shape index (κ1) is 14.7. The summed E-state index contributed by atoms with van der Waals surface area (Å²) in [6.07, 6.45) is 5.55. The highest BCUT2D eigenvalue weighted by Gasteiger charge is 2.15. The molecule has 20 heavy (non-hydrogen) atoms. The molecule has 2 aromatic heterocycles. The van der Waals surface area contributed by atoms with Crippen LogP contribution in [-0.4, -0.2) is 30.6 Å². The molecule has 5 nitrogen and oxygen atoms in total. The molecule has 2 rings (SSSR count). The number of nitrogens with two attached hydrogens (primary N) is 1. The van der Waals surface area contributed by atoms with E-state index in [1.165, 1.54) is 11.3 Å². The molecule has 2 aromatic rings. The lowest BCUT2D eigenvalue weighted by Crippen LogP contribution is -2.27. The maximum absolute atomic E-state index is 12.1. The van der Waals surface area contributed by atoms with Gasteiger partial charge in [-0.3, -0.25) is 9.78 Å². The van der Waals surface area contributed by atoms with Crippen LogP contribution < -0.4 is 11.1 Å². The summed E-state index contributed by atoms with van der Waals surface area (Å²) >= 11 is 1.36. The van der Waals surface area contributed by atoms with Crippen LogP contribution in [-0.2, 0) is 4.74 Å². The van der Waals surface area contributed by atoms with Crippen molar-refractivity contribution in [2.45, 2.75) is 19.8 Å². The molecule has 0 aliphatic carbocycles. The van der Waals surface area contributed by atoms with Gasteiger partial charge in [0.25, 0.3) is 5.91 Å². The first-order valence-electron chi connectivity index (χ1n) is 6.72. The number of ether oxygens (including phenoxy) is 1. The van der Waals surface area contributed by atoms with Crippen molar-refractivity contribution < 1.29 is 9.53 Å². The topological polar surface area (TPSA) is 77.2 Å². The van der Waals surface area contributed by atoms with Crippen LogP contribution in [0.1, 0.15) is 29.4 Å². The molecule has 0 saturated heterocycles. The van der Waals surface area contributed by atoms with Crippen molar-refractivity contribution in [1.82, 2.24) is 10.3 Å². The molecule has 0 unspecified atom stereocenters. The van der Waals surface area contributed by atoms with Crippen molar-refractivity contribution in [2.75, 3.05) is 25.5 Å². The number of nitrogens with zero attached hydrogens (tertiary/aromatic N) is 1. The zero-order chi connectivity index (χ0) is 14.4. The van der Waals surface area contributed by atoms with E-state index in [2.05, 4.69) is 17.2 Å². The second-order valence-corrected chi connectivity index (χ2v) is 5.49. The van der Waals surface area contributed by atoms with Crippen molar-refractivity contribution in [3.8, 4) is 0 Å². The van der Waals surface area contributed by atoms with E-state index in [0.717, 1.165) is 29.5 Å². The Morgan fingerprint density at radius 2 is 2.35 bits per heavy atom. The van der Waals surface area contributed by atoms with E-state index in [1.807, 2.05) is 6.07 Å². The molecule has 0 spiro atoms. The molecule has 0 aliphatic heterocycles. The quantitative estimate of drug-likeness (QED) is 0.769. The average Bonchev–Trinajstić information content (AvgIpc) is 2.80. The summed E-state index contributed by atoms with van der Waals surface area (Å²) in [5.41, 5.74) is 6.53. The third-order valence-corrected chi connectivity index (χ3v) is 4.07. The summed E-state index contributed by atoms with van der Waals surface area (Å²) in [5, 5.41) is 3.71. The van der Waals surface area contributed by atoms with Gasteiger partial charge in [-0.25, -0.2) is 0 Å². The summed E-state index contributed by atoms with van der Waals surface area (Å²) in [5.74, 6) is -0.150. The van der Waals surface area contributed by atoms with E-state index in [9.17, 15) is 4.79 Å². The zero-order valence-corrected chi connectivity index (χ0v) is 12.3. The summed E-state index contributed by atoms with van der Waals surface area (Å²) in [7, 11) is 0. The molecule has 0 fully saturated rings. The number of aromatic nitrogens is 1. The van der Waals surface area contributed by atoms with Gasteiger partial charge in [0, 0.05) is 30.9 Å². The fraction of sp³-hybridized carbons (Fsp3) is 0.429. The van der Waals surface area contributed by atoms with Crippen LogP contribution in [0, 0.1) is 0 Å². The molecule has 0 aliphatic rings. The number of amides is 1. The van der Waals surface area contributed by atoms with Crippen LogP contribution in [0.25, 0.3) is 10.1 Å². The van der Waals surface area contributed by atoms with Crippen LogP contribution in [0.5, 0.6) is 0 Å². The fourth-order valence-electron chi connectivity index (χ4n) is 1.81. The lowest BCUT2D eigenvalue weighted by Gasteiger charge is -2.05. The number of fused-ring (bicyclic) bond motifs is 1. The Bertz CT molecular complexity index is 583. The number of pyridine rings is 1. The predicted octanol–water partition coefficient (Wildman–Crippen LogP) is 2.42. The van der Waals surface area contributed by atoms with Crippen molar-refractivity contribution >= 4 is 33.0 Å². The third kappa shape index (κ3) is 3.46. The molecule has 3 N–H and O–H groups in total. The fourth-order valence-corrected chi connectivity index (χ4v) is 2.81. The Morgan fingerprint density at radius 3 is 3.10 bits per heavy atom. The average molecular weight is 293 g/mol. The number of unbranched alkanes of at least 4 members (excludes halogenated alkanes) is 1. The Morgan fingerprint density at radius 1 is 1.50 bits per heavy atom. The van der Waals surface area contributed by atoms with Gasteiger partial charge in [0.15, 0.2) is 0 Å². The van der Waals surface area contributed by atoms with Gasteiger partial charge in [0.1, 0.15) is 4.88 Å². The Hall–Kier alpha value is -1.66. The van der Waals surface area contributed by atoms with Crippen LogP contribution in [0.15, 0.2) is 18.5 Å². The summed E-state index contributed by atoms with van der Waals surface area (Å²) in [6, 6.07) is 1.83. The Balaban J connectivity index is 1.89. The minimum atomic E-state index is -0.150. The maximum Gasteiger partial charge on any atom is 0.263 e. The number of nitrogens with one attached hydrogen (secondary N) is 1. The van der Waals surface area contributed by atoms with Crippen LogP contribution in [0.2, 0.25) is 0 Å². The number of hydrogen-bond donors (Lipinski definition) is 2. The summed E-state index contributed by atoms with van der Waals surface area (Å²) in [4.78, 5) is 16.6. The van der Waals surface area contributed by atoms with Crippen molar-refractivity contribution in [2.24, 2.45) is 0 Å². The molecule has 108 valence electrons. The zero-order valence-electron chi connectivity index (χ0n) is 11.5. The summed E-state index contributed by atoms with van der Waals surface area (Å²) < 4.78 is 6.32. The maximum atomic E-state index is 12.1. The van der Waals surface area contributed by atoms with Gasteiger partial charge in [0.2, 0.25) is 0 Å². The number of nitrogen functional groups attached to an aromatic ring is 1. The first-order chi connectivity index (χ1) is 9.74. The molecule has 0 atom stereocenters. The second kappa shape index (κ2) is 7.21. The van der Waals surface area contributed by atoms with Crippen molar-refractivity contribution in [3.05, 3.63) is 23.3 Å². The highest BCUT2D eigenvalue weighted by Crippen LogP contribution is 2.32. The van der Waals surface area contributed by atoms with Crippen molar-refractivity contribution in [1.29, 1.82) is 0 Å². The number of carbonyl (C=O) groups is 1. The van der Waals surface area contributed by atoms with Gasteiger partial charge in [0.05, 0.1) is 17.0 Å². The van der Waals surface area contributed by atoms with Crippen LogP contribution >= 0.6 is 11.3 Å². The lowest BCUT2D eigenvalue weighted by molar-refractivity contribution is 0.0917. The molecular weight excluding hydrogens is 274 g/mol. The predicted molar refractivity (Wildman–Crippen MR) is 82.1 cm³/mol. The SMILES string of the molecule is CCCCOCCNC(=O)c1sc2cnccc2c1N. The number of thiophene rings is 1. The molecular formula is C14H19N3O2S. The molecule has 1 amide bonds. The normalized spacial score (nSPS) is 10.8. The molecule has 2 heterocycles. The number of hydrogen-bond acceptors (Lipinski definition) is 5. The monoisotopic (exact) mass is 293 g/mol. The Kier molecular flexibility index (Phi) is 5.31. The molecule has 6 heteroatoms. The third-order valence-electron chi connectivity index (χ3n) is 2.91. The van der Waals surface area contributed by atoms with E-state index in [1.54, 1.807) is 12.4 Å². The van der Waals surface area contributed by atoms with E-state index in [0.29, 0.717) is 23.7 Å². The molecule has 0 saturated carbocycles. The second-order valence-electron chi connectivity index (χ2n) is 4.44. The lowest BCUT2D eigenvalue weighted by atomic mass is 10.2. The Labute approximate surface area is 122 Å². The van der Waals surface area contributed by atoms with E-state index >= 15 is 0 Å². The van der Waals surface area contributed by atoms with E-state index in [4.69, 9.17) is 10.5 Å². The molecule has 0 aromatic carbocycles. The summed E-state index contributed by atoms with van der Waals surface area (Å²) in [6.45, 7) is 3.87. The van der Waals surface area contributed by atoms with E-state index in [-0.39, 0.29) is 5.91 Å². The smallest absolute Gasteiger partial charge is 0.263 e.